The summed E-state index contributed by atoms with van der Waals surface area (Å²) in [6.45, 7) is 9.30. The Morgan fingerprint density at radius 3 is 2.22 bits per heavy atom. The molecule has 0 spiro atoms. The van der Waals surface area contributed by atoms with Crippen molar-refractivity contribution in [3.05, 3.63) is 89.7 Å². The monoisotopic (exact) mass is 484 g/mol. The van der Waals surface area contributed by atoms with Gasteiger partial charge in [-0.1, -0.05) is 24.3 Å². The summed E-state index contributed by atoms with van der Waals surface area (Å²) in [5, 5.41) is 6.16. The highest BCUT2D eigenvalue weighted by atomic mass is 16.2. The lowest BCUT2D eigenvalue weighted by molar-refractivity contribution is 0.0927. The van der Waals surface area contributed by atoms with E-state index < -0.39 is 0 Å². The van der Waals surface area contributed by atoms with Crippen LogP contribution in [0.4, 0.5) is 0 Å². The van der Waals surface area contributed by atoms with Crippen LogP contribution in [0.5, 0.6) is 0 Å². The molecule has 6 heteroatoms. The number of rotatable bonds is 8. The van der Waals surface area contributed by atoms with Crippen LogP contribution >= 0.6 is 0 Å². The van der Waals surface area contributed by atoms with Crippen molar-refractivity contribution in [1.82, 2.24) is 20.5 Å². The quantitative estimate of drug-likeness (QED) is 0.467. The van der Waals surface area contributed by atoms with Crippen molar-refractivity contribution < 1.29 is 9.59 Å². The molecule has 2 N–H and O–H groups in total. The van der Waals surface area contributed by atoms with Gasteiger partial charge in [-0.3, -0.25) is 14.6 Å². The summed E-state index contributed by atoms with van der Waals surface area (Å²) in [4.78, 5) is 32.2. The molecule has 1 aromatic heterocycles. The summed E-state index contributed by atoms with van der Waals surface area (Å²) < 4.78 is 0. The molecular formula is C30H36N4O2. The Kier molecular flexibility index (Phi) is 8.49. The molecule has 1 saturated heterocycles. The molecule has 188 valence electrons. The normalized spacial score (nSPS) is 15.4. The zero-order valence-corrected chi connectivity index (χ0v) is 21.4. The van der Waals surface area contributed by atoms with Gasteiger partial charge in [0, 0.05) is 36.1 Å². The van der Waals surface area contributed by atoms with E-state index in [2.05, 4.69) is 34.4 Å². The van der Waals surface area contributed by atoms with E-state index in [-0.39, 0.29) is 17.9 Å². The standard InChI is InChI=1S/C30H36N4O2/c1-21(2)34-17-13-23(14-18-34)20-32-29(35)28-6-4-5-27(19-28)22(3)33-30(36)26-9-7-24(8-10-26)25-11-15-31-16-12-25/h4-12,15-16,19,21-23H,13-14,17-18,20H2,1-3H3,(H,32,35)(H,33,36)/t22-/m1/s1. The van der Waals surface area contributed by atoms with Crippen molar-refractivity contribution >= 4 is 11.8 Å². The fourth-order valence-corrected chi connectivity index (χ4v) is 4.68. The van der Waals surface area contributed by atoms with Crippen molar-refractivity contribution in [3.63, 3.8) is 0 Å². The van der Waals surface area contributed by atoms with Gasteiger partial charge in [0.2, 0.25) is 0 Å². The van der Waals surface area contributed by atoms with E-state index >= 15 is 0 Å². The van der Waals surface area contributed by atoms with Crippen LogP contribution < -0.4 is 10.6 Å². The second-order valence-electron chi connectivity index (χ2n) is 9.92. The first kappa shape index (κ1) is 25.6. The average Bonchev–Trinajstić information content (AvgIpc) is 2.92. The second kappa shape index (κ2) is 12.0. The first-order chi connectivity index (χ1) is 17.4. The molecule has 3 aromatic rings. The number of pyridine rings is 1. The molecule has 0 radical (unpaired) electrons. The summed E-state index contributed by atoms with van der Waals surface area (Å²) in [6, 6.07) is 19.3. The topological polar surface area (TPSA) is 74.3 Å². The Labute approximate surface area is 214 Å². The van der Waals surface area contributed by atoms with E-state index in [0.717, 1.165) is 42.6 Å². The summed E-state index contributed by atoms with van der Waals surface area (Å²) >= 11 is 0. The highest BCUT2D eigenvalue weighted by molar-refractivity contribution is 5.95. The van der Waals surface area contributed by atoms with Crippen LogP contribution in [0.1, 0.15) is 65.9 Å². The fourth-order valence-electron chi connectivity index (χ4n) is 4.68. The number of nitrogens with zero attached hydrogens (tertiary/aromatic N) is 2. The van der Waals surface area contributed by atoms with E-state index in [4.69, 9.17) is 0 Å². The fraction of sp³-hybridized carbons (Fsp3) is 0.367. The van der Waals surface area contributed by atoms with Gasteiger partial charge in [0.15, 0.2) is 0 Å². The van der Waals surface area contributed by atoms with E-state index in [0.29, 0.717) is 29.6 Å². The minimum atomic E-state index is -0.231. The SMILES string of the molecule is CC(C)N1CCC(CNC(=O)c2cccc([C@@H](C)NC(=O)c3ccc(-c4ccncc4)cc3)c2)CC1. The summed E-state index contributed by atoms with van der Waals surface area (Å²) in [5.74, 6) is 0.315. The molecule has 1 fully saturated rings. The molecule has 0 aliphatic carbocycles. The van der Waals surface area contributed by atoms with Gasteiger partial charge in [0.1, 0.15) is 0 Å². The molecular weight excluding hydrogens is 448 g/mol. The minimum Gasteiger partial charge on any atom is -0.352 e. The Morgan fingerprint density at radius 1 is 0.889 bits per heavy atom. The molecule has 0 bridgehead atoms. The maximum atomic E-state index is 12.8. The second-order valence-corrected chi connectivity index (χ2v) is 9.92. The lowest BCUT2D eigenvalue weighted by atomic mass is 9.96. The molecule has 2 aromatic carbocycles. The summed E-state index contributed by atoms with van der Waals surface area (Å²) in [6.07, 6.45) is 5.74. The molecule has 1 atom stereocenters. The van der Waals surface area contributed by atoms with Gasteiger partial charge in [-0.05, 0) is 106 Å². The molecule has 4 rings (SSSR count). The Morgan fingerprint density at radius 2 is 1.56 bits per heavy atom. The number of carbonyl (C=O) groups is 2. The molecule has 1 aliphatic rings. The smallest absolute Gasteiger partial charge is 0.251 e. The highest BCUT2D eigenvalue weighted by Crippen LogP contribution is 2.21. The number of benzene rings is 2. The van der Waals surface area contributed by atoms with Gasteiger partial charge in [0.25, 0.3) is 11.8 Å². The first-order valence-corrected chi connectivity index (χ1v) is 12.8. The van der Waals surface area contributed by atoms with E-state index in [1.165, 1.54) is 0 Å². The lowest BCUT2D eigenvalue weighted by Crippen LogP contribution is -2.41. The predicted octanol–water partition coefficient (Wildman–Crippen LogP) is 5.09. The van der Waals surface area contributed by atoms with E-state index in [9.17, 15) is 9.59 Å². The van der Waals surface area contributed by atoms with E-state index in [1.54, 1.807) is 12.4 Å². The minimum absolute atomic E-state index is 0.0617. The van der Waals surface area contributed by atoms with Crippen LogP contribution in [-0.2, 0) is 0 Å². The first-order valence-electron chi connectivity index (χ1n) is 12.8. The maximum absolute atomic E-state index is 12.8. The molecule has 6 nitrogen and oxygen atoms in total. The predicted molar refractivity (Wildman–Crippen MR) is 144 cm³/mol. The van der Waals surface area contributed by atoms with Gasteiger partial charge < -0.3 is 15.5 Å². The third kappa shape index (κ3) is 6.58. The Balaban J connectivity index is 1.31. The van der Waals surface area contributed by atoms with Crippen molar-refractivity contribution in [2.45, 2.75) is 45.7 Å². The van der Waals surface area contributed by atoms with Crippen molar-refractivity contribution in [2.75, 3.05) is 19.6 Å². The molecule has 2 amide bonds. The van der Waals surface area contributed by atoms with Crippen molar-refractivity contribution in [3.8, 4) is 11.1 Å². The molecule has 2 heterocycles. The van der Waals surface area contributed by atoms with E-state index in [1.807, 2.05) is 67.6 Å². The number of nitrogens with one attached hydrogen (secondary N) is 2. The van der Waals surface area contributed by atoms with Crippen LogP contribution in [0.3, 0.4) is 0 Å². The number of likely N-dealkylation sites (tertiary alicyclic amines) is 1. The number of carbonyl (C=O) groups excluding carboxylic acids is 2. The van der Waals surface area contributed by atoms with Crippen LogP contribution in [-0.4, -0.2) is 47.4 Å². The van der Waals surface area contributed by atoms with Gasteiger partial charge in [-0.2, -0.15) is 0 Å². The van der Waals surface area contributed by atoms with Gasteiger partial charge >= 0.3 is 0 Å². The zero-order chi connectivity index (χ0) is 25.5. The summed E-state index contributed by atoms with van der Waals surface area (Å²) in [7, 11) is 0. The van der Waals surface area contributed by atoms with Crippen molar-refractivity contribution in [2.24, 2.45) is 5.92 Å². The maximum Gasteiger partial charge on any atom is 0.251 e. The van der Waals surface area contributed by atoms with Crippen LogP contribution in [0, 0.1) is 5.92 Å². The molecule has 0 saturated carbocycles. The largest absolute Gasteiger partial charge is 0.352 e. The van der Waals surface area contributed by atoms with Crippen LogP contribution in [0.25, 0.3) is 11.1 Å². The average molecular weight is 485 g/mol. The molecule has 0 unspecified atom stereocenters. The van der Waals surface area contributed by atoms with Crippen molar-refractivity contribution in [1.29, 1.82) is 0 Å². The third-order valence-corrected chi connectivity index (χ3v) is 7.09. The molecule has 1 aliphatic heterocycles. The van der Waals surface area contributed by atoms with Gasteiger partial charge in [-0.25, -0.2) is 0 Å². The zero-order valence-electron chi connectivity index (χ0n) is 21.4. The number of aromatic nitrogens is 1. The Bertz CT molecular complexity index is 1150. The Hall–Kier alpha value is -3.51. The lowest BCUT2D eigenvalue weighted by Gasteiger charge is -2.34. The van der Waals surface area contributed by atoms with Gasteiger partial charge in [0.05, 0.1) is 6.04 Å². The van der Waals surface area contributed by atoms with Crippen LogP contribution in [0.15, 0.2) is 73.1 Å². The van der Waals surface area contributed by atoms with Crippen LogP contribution in [0.2, 0.25) is 0 Å². The third-order valence-electron chi connectivity index (χ3n) is 7.09. The number of hydrogen-bond acceptors (Lipinski definition) is 4. The highest BCUT2D eigenvalue weighted by Gasteiger charge is 2.21. The number of piperidine rings is 1. The number of amides is 2. The number of hydrogen-bond donors (Lipinski definition) is 2. The summed E-state index contributed by atoms with van der Waals surface area (Å²) in [5.41, 5.74) is 4.20. The molecule has 36 heavy (non-hydrogen) atoms. The van der Waals surface area contributed by atoms with Gasteiger partial charge in [-0.15, -0.1) is 0 Å².